The van der Waals surface area contributed by atoms with E-state index in [4.69, 9.17) is 17.2 Å². The number of nitrogens with two attached hydrogens (primary N) is 3. The van der Waals surface area contributed by atoms with Crippen molar-refractivity contribution in [2.45, 2.75) is 175 Å². The molecule has 1 aliphatic heterocycles. The molecule has 0 bridgehead atoms. The third-order valence-corrected chi connectivity index (χ3v) is 11.8. The Morgan fingerprint density at radius 2 is 1.18 bits per heavy atom. The molecular weight excluding hydrogens is 887 g/mol. The summed E-state index contributed by atoms with van der Waals surface area (Å²) in [6.07, 6.45) is 0.791. The number of nitrogens with zero attached hydrogens (tertiary/aromatic N) is 2. The topological polar surface area (TPSA) is 381 Å². The van der Waals surface area contributed by atoms with Crippen molar-refractivity contribution in [3.05, 3.63) is 0 Å². The molecule has 0 saturated carbocycles. The van der Waals surface area contributed by atoms with Crippen molar-refractivity contribution in [3.8, 4) is 0 Å². The molecule has 386 valence electrons. The van der Waals surface area contributed by atoms with Crippen LogP contribution in [0.25, 0.3) is 0 Å². The van der Waals surface area contributed by atoms with Crippen LogP contribution in [0.4, 0.5) is 0 Å². The van der Waals surface area contributed by atoms with E-state index in [0.29, 0.717) is 32.1 Å². The average Bonchev–Trinajstić information content (AvgIpc) is 3.77. The quantitative estimate of drug-likeness (QED) is 0.0202. The van der Waals surface area contributed by atoms with Crippen LogP contribution in [0, 0.1) is 17.8 Å². The van der Waals surface area contributed by atoms with Crippen LogP contribution in [0.3, 0.4) is 0 Å². The van der Waals surface area contributed by atoms with E-state index in [2.05, 4.69) is 47.5 Å². The van der Waals surface area contributed by atoms with Crippen LogP contribution in [0.15, 0.2) is 4.99 Å². The Kier molecular flexibility index (Phi) is 26.1. The highest BCUT2D eigenvalue weighted by molar-refractivity contribution is 5.98. The number of aliphatic imine (C=N–C) groups is 1. The molecule has 68 heavy (non-hydrogen) atoms. The molecule has 24 heteroatoms. The van der Waals surface area contributed by atoms with Gasteiger partial charge >= 0.3 is 0 Å². The summed E-state index contributed by atoms with van der Waals surface area (Å²) >= 11 is 0. The SMILES string of the molecule is CCC[C@H](NC(=O)[C@@H](NC(=O)[C@H](NC(=O)[C@@H](NC(=O)CNC(C)=O)C(C)C)[C@@H](C)CC)[C@@H](C)O)C(=O)N[C@H](C(=O)N[C@@H](CCCN=C(N)N)C(=O)N1CCC[C@H]1C(=O)N[C@H](C)C(N)=O)[C@@H](C)CC. The van der Waals surface area contributed by atoms with Gasteiger partial charge in [-0.3, -0.25) is 52.9 Å². The van der Waals surface area contributed by atoms with Crippen LogP contribution in [0.2, 0.25) is 0 Å². The first-order chi connectivity index (χ1) is 31.8. The Balaban J connectivity index is 3.37. The van der Waals surface area contributed by atoms with E-state index in [1.807, 2.05) is 0 Å². The van der Waals surface area contributed by atoms with Crippen LogP contribution in [0.5, 0.6) is 0 Å². The Hall–Kier alpha value is -6.07. The van der Waals surface area contributed by atoms with Crippen molar-refractivity contribution < 1.29 is 53.1 Å². The van der Waals surface area contributed by atoms with Crippen molar-refractivity contribution in [3.63, 3.8) is 0 Å². The number of amides is 10. The highest BCUT2D eigenvalue weighted by Gasteiger charge is 2.40. The lowest BCUT2D eigenvalue weighted by atomic mass is 9.95. The lowest BCUT2D eigenvalue weighted by Crippen LogP contribution is -2.63. The van der Waals surface area contributed by atoms with Crippen molar-refractivity contribution in [1.82, 2.24) is 47.4 Å². The first kappa shape index (κ1) is 59.9. The number of likely N-dealkylation sites (tertiary alicyclic amines) is 1. The molecule has 0 aromatic carbocycles. The van der Waals surface area contributed by atoms with Crippen LogP contribution in [0.1, 0.15) is 121 Å². The van der Waals surface area contributed by atoms with Crippen LogP contribution in [-0.4, -0.2) is 149 Å². The third kappa shape index (κ3) is 19.6. The molecule has 0 spiro atoms. The molecule has 1 heterocycles. The number of carbonyl (C=O) groups excluding carboxylic acids is 10. The number of nitrogens with one attached hydrogen (secondary N) is 8. The van der Waals surface area contributed by atoms with Crippen molar-refractivity contribution in [2.75, 3.05) is 19.6 Å². The minimum absolute atomic E-state index is 0.0440. The molecule has 1 rings (SSSR count). The zero-order valence-electron chi connectivity index (χ0n) is 41.4. The molecule has 24 nitrogen and oxygen atoms in total. The molecular formula is C44H79N13O11. The minimum Gasteiger partial charge on any atom is -0.391 e. The lowest BCUT2D eigenvalue weighted by molar-refractivity contribution is -0.142. The summed E-state index contributed by atoms with van der Waals surface area (Å²) in [5, 5.41) is 31.5. The van der Waals surface area contributed by atoms with E-state index in [0.717, 1.165) is 0 Å². The number of aliphatic hydroxyl groups excluding tert-OH is 1. The van der Waals surface area contributed by atoms with Gasteiger partial charge in [-0.2, -0.15) is 0 Å². The second-order valence-electron chi connectivity index (χ2n) is 17.9. The third-order valence-electron chi connectivity index (χ3n) is 11.8. The predicted molar refractivity (Wildman–Crippen MR) is 252 cm³/mol. The van der Waals surface area contributed by atoms with Gasteiger partial charge in [0.25, 0.3) is 0 Å². The summed E-state index contributed by atoms with van der Waals surface area (Å²) in [4.78, 5) is 138. The second kappa shape index (κ2) is 29.6. The maximum absolute atomic E-state index is 14.2. The summed E-state index contributed by atoms with van der Waals surface area (Å²) in [5.41, 5.74) is 16.3. The number of guanidine groups is 1. The molecule has 0 aliphatic carbocycles. The largest absolute Gasteiger partial charge is 0.391 e. The van der Waals surface area contributed by atoms with Crippen molar-refractivity contribution >= 4 is 65.0 Å². The Morgan fingerprint density at radius 3 is 1.68 bits per heavy atom. The van der Waals surface area contributed by atoms with E-state index in [9.17, 15) is 53.1 Å². The fourth-order valence-electron chi connectivity index (χ4n) is 7.24. The molecule has 11 atom stereocenters. The Labute approximate surface area is 399 Å². The van der Waals surface area contributed by atoms with Crippen LogP contribution < -0.4 is 59.7 Å². The molecule has 15 N–H and O–H groups in total. The standard InChI is InChI=1S/C44H79N13O11/c1-11-16-28(51-42(67)35(26(9)58)56-41(66)34(24(7)13-3)55-39(64)32(22(4)5)53-31(60)21-49-27(10)59)37(62)54-33(23(6)12-2)40(65)52-29(17-14-19-48-44(46)47)43(68)57-20-15-18-30(57)38(63)50-25(8)36(45)61/h22-26,28-30,32-35,58H,11-21H2,1-10H3,(H2,45,61)(H,49,59)(H,50,63)(H,51,67)(H,52,65)(H,53,60)(H,54,62)(H,55,64)(H,56,66)(H4,46,47,48)/t23-,24-,25+,26+,28-,29-,30-,32-,33-,34+,35-/m0/s1. The smallest absolute Gasteiger partial charge is 0.245 e. The molecule has 0 aromatic heterocycles. The maximum atomic E-state index is 14.2. The van der Waals surface area contributed by atoms with Crippen molar-refractivity contribution in [1.29, 1.82) is 0 Å². The maximum Gasteiger partial charge on any atom is 0.245 e. The Bertz CT molecular complexity index is 1790. The summed E-state index contributed by atoms with van der Waals surface area (Å²) in [6, 6.07) is -9.60. The number of aliphatic hydroxyl groups is 1. The highest BCUT2D eigenvalue weighted by Crippen LogP contribution is 2.21. The first-order valence-electron chi connectivity index (χ1n) is 23.5. The number of primary amides is 1. The predicted octanol–water partition coefficient (Wildman–Crippen LogP) is -3.01. The monoisotopic (exact) mass is 966 g/mol. The van der Waals surface area contributed by atoms with Gasteiger partial charge in [-0.25, -0.2) is 0 Å². The fourth-order valence-corrected chi connectivity index (χ4v) is 7.24. The number of hydrogen-bond donors (Lipinski definition) is 12. The van der Waals surface area contributed by atoms with Gasteiger partial charge in [0.05, 0.1) is 12.6 Å². The summed E-state index contributed by atoms with van der Waals surface area (Å²) in [5.74, 6) is -8.56. The second-order valence-corrected chi connectivity index (χ2v) is 17.9. The van der Waals surface area contributed by atoms with E-state index in [1.165, 1.54) is 25.7 Å². The van der Waals surface area contributed by atoms with Gasteiger partial charge in [0.1, 0.15) is 48.3 Å². The molecule has 0 aromatic rings. The summed E-state index contributed by atoms with van der Waals surface area (Å²) < 4.78 is 0. The molecule has 1 saturated heterocycles. The van der Waals surface area contributed by atoms with E-state index >= 15 is 0 Å². The van der Waals surface area contributed by atoms with Gasteiger partial charge in [-0.15, -0.1) is 0 Å². The van der Waals surface area contributed by atoms with Gasteiger partial charge in [0.15, 0.2) is 5.96 Å². The molecule has 1 aliphatic rings. The summed E-state index contributed by atoms with van der Waals surface area (Å²) in [7, 11) is 0. The van der Waals surface area contributed by atoms with Crippen LogP contribution in [-0.2, 0) is 47.9 Å². The van der Waals surface area contributed by atoms with E-state index in [1.54, 1.807) is 48.5 Å². The average molecular weight is 966 g/mol. The number of hydrogen-bond acceptors (Lipinski definition) is 12. The molecule has 0 unspecified atom stereocenters. The highest BCUT2D eigenvalue weighted by atomic mass is 16.3. The number of rotatable bonds is 29. The lowest BCUT2D eigenvalue weighted by Gasteiger charge is -2.32. The minimum atomic E-state index is -1.62. The molecule has 10 amide bonds. The van der Waals surface area contributed by atoms with Gasteiger partial charge in [0, 0.05) is 20.0 Å². The fraction of sp³-hybridized carbons (Fsp3) is 0.750. The molecule has 1 fully saturated rings. The van der Waals surface area contributed by atoms with Gasteiger partial charge in [-0.05, 0) is 63.7 Å². The van der Waals surface area contributed by atoms with Gasteiger partial charge in [0.2, 0.25) is 59.1 Å². The summed E-state index contributed by atoms with van der Waals surface area (Å²) in [6.45, 7) is 15.9. The number of carbonyl (C=O) groups is 10. The first-order valence-corrected chi connectivity index (χ1v) is 23.5. The Morgan fingerprint density at radius 1 is 0.662 bits per heavy atom. The van der Waals surface area contributed by atoms with E-state index in [-0.39, 0.29) is 44.9 Å². The van der Waals surface area contributed by atoms with Gasteiger partial charge in [-0.1, -0.05) is 67.7 Å². The van der Waals surface area contributed by atoms with Crippen LogP contribution >= 0.6 is 0 Å². The zero-order valence-corrected chi connectivity index (χ0v) is 41.4. The van der Waals surface area contributed by atoms with Crippen molar-refractivity contribution in [2.24, 2.45) is 39.9 Å². The van der Waals surface area contributed by atoms with Gasteiger partial charge < -0.3 is 69.7 Å². The normalized spacial score (nSPS) is 17.8. The van der Waals surface area contributed by atoms with E-state index < -0.39 is 131 Å². The zero-order chi connectivity index (χ0) is 52.0. The molecule has 0 radical (unpaired) electrons.